The van der Waals surface area contributed by atoms with E-state index in [1.807, 2.05) is 29.5 Å². The number of piperazine rings is 1. The van der Waals surface area contributed by atoms with E-state index < -0.39 is 17.6 Å². The molecule has 216 valence electrons. The van der Waals surface area contributed by atoms with E-state index in [9.17, 15) is 18.0 Å². The van der Waals surface area contributed by atoms with Crippen molar-refractivity contribution >= 4 is 22.9 Å². The lowest BCUT2D eigenvalue weighted by atomic mass is 10.1. The van der Waals surface area contributed by atoms with Crippen molar-refractivity contribution < 1.29 is 18.0 Å². The summed E-state index contributed by atoms with van der Waals surface area (Å²) >= 11 is 0. The molecule has 1 N–H and O–H groups in total. The van der Waals surface area contributed by atoms with Crippen LogP contribution >= 0.6 is 0 Å². The van der Waals surface area contributed by atoms with Crippen molar-refractivity contribution in [1.82, 2.24) is 39.2 Å². The van der Waals surface area contributed by atoms with Gasteiger partial charge in [0.1, 0.15) is 5.69 Å². The molecule has 0 radical (unpaired) electrons. The van der Waals surface area contributed by atoms with Crippen LogP contribution in [0, 0.1) is 13.8 Å². The van der Waals surface area contributed by atoms with Gasteiger partial charge >= 0.3 is 6.18 Å². The standard InChI is InChI=1S/C28H27F3N10O/c1-17-15-40-25(13-34-26(40)14-32-17)23-16-41(37-36-23)24-8-19(12-33-18(24)2)27(42)35-21-9-20(28(29,30)31)10-22(11-21)39-6-4-38(3)5-7-39/h8-16H,4-7H2,1-3H3,(H,35,42). The lowest BCUT2D eigenvalue weighted by Gasteiger charge is -2.34. The molecule has 5 heterocycles. The van der Waals surface area contributed by atoms with Crippen molar-refractivity contribution in [3.8, 4) is 17.1 Å². The predicted octanol–water partition coefficient (Wildman–Crippen LogP) is 4.01. The summed E-state index contributed by atoms with van der Waals surface area (Å²) in [5.41, 5.74) is 3.58. The Morgan fingerprint density at radius 1 is 0.929 bits per heavy atom. The van der Waals surface area contributed by atoms with Gasteiger partial charge in [-0.05, 0) is 45.2 Å². The Hall–Kier alpha value is -4.85. The molecule has 1 amide bonds. The maximum Gasteiger partial charge on any atom is 0.416 e. The first kappa shape index (κ1) is 27.3. The Morgan fingerprint density at radius 2 is 1.71 bits per heavy atom. The number of imidazole rings is 1. The van der Waals surface area contributed by atoms with Crippen LogP contribution in [-0.2, 0) is 6.18 Å². The molecular formula is C28H27F3N10O. The van der Waals surface area contributed by atoms with Crippen molar-refractivity contribution in [1.29, 1.82) is 0 Å². The Morgan fingerprint density at radius 3 is 2.48 bits per heavy atom. The Balaban J connectivity index is 1.28. The van der Waals surface area contributed by atoms with Crippen LogP contribution in [0.1, 0.15) is 27.3 Å². The largest absolute Gasteiger partial charge is 0.416 e. The van der Waals surface area contributed by atoms with Crippen molar-refractivity contribution in [2.45, 2.75) is 20.0 Å². The Kier molecular flexibility index (Phi) is 6.85. The highest BCUT2D eigenvalue weighted by molar-refractivity contribution is 6.04. The third-order valence-corrected chi connectivity index (χ3v) is 7.22. The monoisotopic (exact) mass is 576 g/mol. The number of likely N-dealkylation sites (N-methyl/N-ethyl adjacent to an activating group) is 1. The Labute approximate surface area is 238 Å². The molecule has 0 saturated carbocycles. The lowest BCUT2D eigenvalue weighted by Crippen LogP contribution is -2.44. The number of halogens is 3. The first-order valence-electron chi connectivity index (χ1n) is 13.2. The quantitative estimate of drug-likeness (QED) is 0.334. The zero-order chi connectivity index (χ0) is 29.6. The molecule has 4 aromatic heterocycles. The van der Waals surface area contributed by atoms with Gasteiger partial charge in [0.15, 0.2) is 5.65 Å². The number of hydrogen-bond donors (Lipinski definition) is 1. The smallest absolute Gasteiger partial charge is 0.369 e. The summed E-state index contributed by atoms with van der Waals surface area (Å²) < 4.78 is 44.6. The van der Waals surface area contributed by atoms with Gasteiger partial charge in [-0.1, -0.05) is 5.21 Å². The summed E-state index contributed by atoms with van der Waals surface area (Å²) in [6.45, 7) is 6.26. The number of hydrogen-bond acceptors (Lipinski definition) is 8. The number of fused-ring (bicyclic) bond motifs is 1. The van der Waals surface area contributed by atoms with Gasteiger partial charge in [-0.25, -0.2) is 9.67 Å². The molecule has 0 bridgehead atoms. The number of aryl methyl sites for hydroxylation is 2. The predicted molar refractivity (Wildman–Crippen MR) is 150 cm³/mol. The second-order valence-electron chi connectivity index (χ2n) is 10.3. The molecule has 1 fully saturated rings. The maximum atomic E-state index is 13.8. The third kappa shape index (κ3) is 5.40. The number of carbonyl (C=O) groups is 1. The van der Waals surface area contributed by atoms with Crippen LogP contribution < -0.4 is 10.2 Å². The van der Waals surface area contributed by atoms with E-state index in [1.165, 1.54) is 10.9 Å². The van der Waals surface area contributed by atoms with Gasteiger partial charge in [0.2, 0.25) is 0 Å². The zero-order valence-corrected chi connectivity index (χ0v) is 23.1. The number of aromatic nitrogens is 7. The van der Waals surface area contributed by atoms with Gasteiger partial charge in [0.25, 0.3) is 5.91 Å². The van der Waals surface area contributed by atoms with Crippen molar-refractivity contribution in [3.05, 3.63) is 77.8 Å². The first-order chi connectivity index (χ1) is 20.0. The fourth-order valence-electron chi connectivity index (χ4n) is 4.85. The molecule has 0 aliphatic carbocycles. The van der Waals surface area contributed by atoms with E-state index in [1.54, 1.807) is 37.6 Å². The molecule has 14 heteroatoms. The number of alkyl halides is 3. The summed E-state index contributed by atoms with van der Waals surface area (Å²) in [4.78, 5) is 30.2. The molecule has 1 aliphatic rings. The van der Waals surface area contributed by atoms with Crippen LogP contribution in [0.5, 0.6) is 0 Å². The summed E-state index contributed by atoms with van der Waals surface area (Å²) in [5, 5.41) is 11.1. The number of amides is 1. The van der Waals surface area contributed by atoms with E-state index in [4.69, 9.17) is 0 Å². The second-order valence-corrected chi connectivity index (χ2v) is 10.3. The van der Waals surface area contributed by atoms with Gasteiger partial charge in [0.05, 0.1) is 52.5 Å². The highest BCUT2D eigenvalue weighted by atomic mass is 19.4. The van der Waals surface area contributed by atoms with Gasteiger partial charge in [-0.2, -0.15) is 13.2 Å². The number of anilines is 2. The molecular weight excluding hydrogens is 549 g/mol. The molecule has 1 aliphatic heterocycles. The highest BCUT2D eigenvalue weighted by Gasteiger charge is 2.32. The van der Waals surface area contributed by atoms with Crippen LogP contribution in [0.15, 0.2) is 55.2 Å². The summed E-state index contributed by atoms with van der Waals surface area (Å²) in [7, 11) is 1.97. The average molecular weight is 577 g/mol. The Bertz CT molecular complexity index is 1790. The fraction of sp³-hybridized carbons (Fsp3) is 0.286. The number of benzene rings is 1. The average Bonchev–Trinajstić information content (AvgIpc) is 3.60. The SMILES string of the molecule is Cc1cn2c(-c3cn(-c4cc(C(=O)Nc5cc(N6CCN(C)CC6)cc(C(F)(F)F)c5)cnc4C)nn3)cnc2cn1. The minimum atomic E-state index is -4.57. The van der Waals surface area contributed by atoms with Crippen LogP contribution in [0.25, 0.3) is 22.7 Å². The first-order valence-corrected chi connectivity index (χ1v) is 13.2. The normalized spacial score (nSPS) is 14.5. The van der Waals surface area contributed by atoms with E-state index in [-0.39, 0.29) is 11.3 Å². The third-order valence-electron chi connectivity index (χ3n) is 7.22. The van der Waals surface area contributed by atoms with Crippen molar-refractivity contribution in [2.24, 2.45) is 0 Å². The molecule has 0 spiro atoms. The minimum absolute atomic E-state index is 0.0475. The van der Waals surface area contributed by atoms with Crippen LogP contribution in [-0.4, -0.2) is 78.4 Å². The molecule has 6 rings (SSSR count). The number of rotatable bonds is 5. The van der Waals surface area contributed by atoms with Crippen LogP contribution in [0.3, 0.4) is 0 Å². The summed E-state index contributed by atoms with van der Waals surface area (Å²) in [6, 6.07) is 5.21. The van der Waals surface area contributed by atoms with E-state index >= 15 is 0 Å². The molecule has 11 nitrogen and oxygen atoms in total. The zero-order valence-electron chi connectivity index (χ0n) is 23.1. The van der Waals surface area contributed by atoms with E-state index in [2.05, 4.69) is 35.5 Å². The van der Waals surface area contributed by atoms with Gasteiger partial charge in [-0.3, -0.25) is 19.2 Å². The van der Waals surface area contributed by atoms with E-state index in [0.29, 0.717) is 47.2 Å². The lowest BCUT2D eigenvalue weighted by molar-refractivity contribution is -0.137. The number of nitrogens with one attached hydrogen (secondary N) is 1. The van der Waals surface area contributed by atoms with Crippen molar-refractivity contribution in [3.63, 3.8) is 0 Å². The van der Waals surface area contributed by atoms with Crippen molar-refractivity contribution in [2.75, 3.05) is 43.4 Å². The molecule has 1 saturated heterocycles. The molecule has 0 atom stereocenters. The van der Waals surface area contributed by atoms with Gasteiger partial charge in [0, 0.05) is 49.9 Å². The summed E-state index contributed by atoms with van der Waals surface area (Å²) in [6.07, 6.45) is 3.68. The molecule has 5 aromatic rings. The number of nitrogens with zero attached hydrogens (tertiary/aromatic N) is 9. The highest BCUT2D eigenvalue weighted by Crippen LogP contribution is 2.35. The van der Waals surface area contributed by atoms with Gasteiger partial charge in [-0.15, -0.1) is 5.10 Å². The van der Waals surface area contributed by atoms with Gasteiger partial charge < -0.3 is 15.1 Å². The van der Waals surface area contributed by atoms with Crippen LogP contribution in [0.4, 0.5) is 24.5 Å². The maximum absolute atomic E-state index is 13.8. The minimum Gasteiger partial charge on any atom is -0.369 e. The summed E-state index contributed by atoms with van der Waals surface area (Å²) in [5.74, 6) is -0.600. The molecule has 1 aromatic carbocycles. The number of carbonyl (C=O) groups excluding carboxylic acids is 1. The molecule has 42 heavy (non-hydrogen) atoms. The second kappa shape index (κ2) is 10.5. The topological polar surface area (TPSA) is 109 Å². The number of pyridine rings is 1. The molecule has 0 unspecified atom stereocenters. The van der Waals surface area contributed by atoms with Crippen LogP contribution in [0.2, 0.25) is 0 Å². The fourth-order valence-corrected chi connectivity index (χ4v) is 4.85. The van der Waals surface area contributed by atoms with E-state index in [0.717, 1.165) is 30.9 Å².